The second kappa shape index (κ2) is 4.50. The van der Waals surface area contributed by atoms with Crippen molar-refractivity contribution in [3.63, 3.8) is 0 Å². The molecule has 2 fully saturated rings. The van der Waals surface area contributed by atoms with Crippen molar-refractivity contribution in [3.8, 4) is 5.75 Å². The Morgan fingerprint density at radius 2 is 1.70 bits per heavy atom. The molecule has 1 N–H and O–H groups in total. The molecule has 1 heterocycles. The molecule has 0 atom stereocenters. The molecule has 1 aliphatic carbocycles. The van der Waals surface area contributed by atoms with Crippen LogP contribution in [-0.4, -0.2) is 23.4 Å². The van der Waals surface area contributed by atoms with Crippen LogP contribution in [0.25, 0.3) is 0 Å². The van der Waals surface area contributed by atoms with Crippen LogP contribution in [0.3, 0.4) is 0 Å². The van der Waals surface area contributed by atoms with E-state index in [4.69, 9.17) is 9.31 Å². The molecule has 0 amide bonds. The number of hydrogen-bond acceptors (Lipinski definition) is 3. The maximum atomic E-state index is 9.82. The molecule has 20 heavy (non-hydrogen) atoms. The summed E-state index contributed by atoms with van der Waals surface area (Å²) in [6.07, 6.45) is 3.73. The van der Waals surface area contributed by atoms with Crippen LogP contribution in [0.1, 0.15) is 58.4 Å². The molecule has 1 aliphatic heterocycles. The van der Waals surface area contributed by atoms with E-state index < -0.39 is 0 Å². The third kappa shape index (κ3) is 2.15. The van der Waals surface area contributed by atoms with Gasteiger partial charge in [0.25, 0.3) is 0 Å². The van der Waals surface area contributed by atoms with Crippen molar-refractivity contribution in [2.24, 2.45) is 0 Å². The van der Waals surface area contributed by atoms with Gasteiger partial charge in [-0.3, -0.25) is 0 Å². The lowest BCUT2D eigenvalue weighted by atomic mass is 9.68. The molecule has 0 aromatic heterocycles. The fraction of sp³-hybridized carbons (Fsp3) is 0.625. The maximum Gasteiger partial charge on any atom is 0.495 e. The van der Waals surface area contributed by atoms with Gasteiger partial charge in [0.05, 0.1) is 11.2 Å². The Kier molecular flexibility index (Phi) is 3.14. The number of rotatable bonds is 2. The Morgan fingerprint density at radius 3 is 2.20 bits per heavy atom. The number of aromatic hydroxyl groups is 1. The smallest absolute Gasteiger partial charge is 0.495 e. The molecule has 0 radical (unpaired) electrons. The van der Waals surface area contributed by atoms with E-state index in [0.29, 0.717) is 5.92 Å². The number of phenols is 1. The molecule has 1 aromatic rings. The maximum absolute atomic E-state index is 9.82. The summed E-state index contributed by atoms with van der Waals surface area (Å²) in [4.78, 5) is 0. The average Bonchev–Trinajstić information content (AvgIpc) is 2.48. The molecule has 4 heteroatoms. The number of benzene rings is 1. The molecule has 3 rings (SSSR count). The average molecular weight is 274 g/mol. The highest BCUT2D eigenvalue weighted by Crippen LogP contribution is 2.40. The molecule has 2 aliphatic rings. The highest BCUT2D eigenvalue weighted by molar-refractivity contribution is 6.62. The van der Waals surface area contributed by atoms with Crippen molar-refractivity contribution >= 4 is 12.6 Å². The normalized spacial score (nSPS) is 24.7. The topological polar surface area (TPSA) is 38.7 Å². The van der Waals surface area contributed by atoms with Gasteiger partial charge in [-0.15, -0.1) is 0 Å². The third-order valence-corrected chi connectivity index (χ3v) is 5.12. The van der Waals surface area contributed by atoms with Gasteiger partial charge in [0.1, 0.15) is 5.75 Å². The zero-order valence-corrected chi connectivity index (χ0v) is 12.8. The SMILES string of the molecule is CC1(C)OB(c2cc(O)ccc2C2CCC2)OC1(C)C. The minimum absolute atomic E-state index is 0.276. The van der Waals surface area contributed by atoms with Crippen LogP contribution < -0.4 is 5.46 Å². The minimum Gasteiger partial charge on any atom is -0.508 e. The van der Waals surface area contributed by atoms with E-state index >= 15 is 0 Å². The van der Waals surface area contributed by atoms with Gasteiger partial charge in [-0.2, -0.15) is 0 Å². The van der Waals surface area contributed by atoms with E-state index in [1.54, 1.807) is 12.1 Å². The van der Waals surface area contributed by atoms with Gasteiger partial charge in [-0.05, 0) is 69.6 Å². The van der Waals surface area contributed by atoms with Crippen molar-refractivity contribution < 1.29 is 14.4 Å². The fourth-order valence-corrected chi connectivity index (χ4v) is 2.83. The van der Waals surface area contributed by atoms with Gasteiger partial charge in [0.15, 0.2) is 0 Å². The summed E-state index contributed by atoms with van der Waals surface area (Å²) < 4.78 is 12.3. The summed E-state index contributed by atoms with van der Waals surface area (Å²) in [7, 11) is -0.386. The van der Waals surface area contributed by atoms with E-state index in [1.807, 2.05) is 6.07 Å². The van der Waals surface area contributed by atoms with Gasteiger partial charge in [0.2, 0.25) is 0 Å². The summed E-state index contributed by atoms with van der Waals surface area (Å²) in [5.41, 5.74) is 1.57. The van der Waals surface area contributed by atoms with Crippen LogP contribution in [0.15, 0.2) is 18.2 Å². The first-order valence-electron chi connectivity index (χ1n) is 7.49. The van der Waals surface area contributed by atoms with Crippen LogP contribution in [0.4, 0.5) is 0 Å². The molecule has 1 saturated carbocycles. The Hall–Kier alpha value is -0.995. The molecule has 1 saturated heterocycles. The molecule has 1 aromatic carbocycles. The van der Waals surface area contributed by atoms with Crippen molar-refractivity contribution in [1.82, 2.24) is 0 Å². The molecular formula is C16H23BO3. The van der Waals surface area contributed by atoms with Gasteiger partial charge >= 0.3 is 7.12 Å². The summed E-state index contributed by atoms with van der Waals surface area (Å²) in [5.74, 6) is 0.863. The van der Waals surface area contributed by atoms with E-state index in [0.717, 1.165) is 5.46 Å². The molecular weight excluding hydrogens is 251 g/mol. The highest BCUT2D eigenvalue weighted by atomic mass is 16.7. The second-order valence-corrected chi connectivity index (χ2v) is 7.03. The van der Waals surface area contributed by atoms with Gasteiger partial charge < -0.3 is 14.4 Å². The monoisotopic (exact) mass is 274 g/mol. The number of hydrogen-bond donors (Lipinski definition) is 1. The number of phenolic OH excluding ortho intramolecular Hbond substituents is 1. The molecule has 0 spiro atoms. The standard InChI is InChI=1S/C16H23BO3/c1-15(2)16(3,4)20-17(19-15)14-10-12(18)8-9-13(14)11-6-5-7-11/h8-11,18H,5-7H2,1-4H3. The molecule has 0 unspecified atom stereocenters. The Bertz CT molecular complexity index is 504. The van der Waals surface area contributed by atoms with Crippen LogP contribution in [0.2, 0.25) is 0 Å². The highest BCUT2D eigenvalue weighted by Gasteiger charge is 2.52. The van der Waals surface area contributed by atoms with Crippen molar-refractivity contribution in [2.75, 3.05) is 0 Å². The van der Waals surface area contributed by atoms with Crippen LogP contribution in [0.5, 0.6) is 5.75 Å². The van der Waals surface area contributed by atoms with Crippen LogP contribution >= 0.6 is 0 Å². The summed E-state index contributed by atoms with van der Waals surface area (Å²) in [6, 6.07) is 5.59. The predicted molar refractivity (Wildman–Crippen MR) is 80.4 cm³/mol. The van der Waals surface area contributed by atoms with E-state index in [2.05, 4.69) is 27.7 Å². The van der Waals surface area contributed by atoms with E-state index in [9.17, 15) is 5.11 Å². The van der Waals surface area contributed by atoms with Gasteiger partial charge in [-0.25, -0.2) is 0 Å². The second-order valence-electron chi connectivity index (χ2n) is 7.03. The van der Waals surface area contributed by atoms with Gasteiger partial charge in [-0.1, -0.05) is 12.5 Å². The quantitative estimate of drug-likeness (QED) is 0.843. The lowest BCUT2D eigenvalue weighted by molar-refractivity contribution is 0.00578. The Balaban J connectivity index is 1.96. The summed E-state index contributed by atoms with van der Waals surface area (Å²) in [6.45, 7) is 8.22. The molecule has 0 bridgehead atoms. The Labute approximate surface area is 121 Å². The first kappa shape index (κ1) is 14.0. The Morgan fingerprint density at radius 1 is 1.10 bits per heavy atom. The van der Waals surface area contributed by atoms with Crippen molar-refractivity contribution in [1.29, 1.82) is 0 Å². The van der Waals surface area contributed by atoms with Gasteiger partial charge in [0, 0.05) is 0 Å². The summed E-state index contributed by atoms with van der Waals surface area (Å²) >= 11 is 0. The fourth-order valence-electron chi connectivity index (χ4n) is 2.83. The summed E-state index contributed by atoms with van der Waals surface area (Å²) in [5, 5.41) is 9.82. The largest absolute Gasteiger partial charge is 0.508 e. The van der Waals surface area contributed by atoms with Crippen molar-refractivity contribution in [3.05, 3.63) is 23.8 Å². The van der Waals surface area contributed by atoms with E-state index in [-0.39, 0.29) is 24.1 Å². The lowest BCUT2D eigenvalue weighted by Crippen LogP contribution is -2.41. The zero-order valence-electron chi connectivity index (χ0n) is 12.8. The van der Waals surface area contributed by atoms with E-state index in [1.165, 1.54) is 24.8 Å². The molecule has 108 valence electrons. The lowest BCUT2D eigenvalue weighted by Gasteiger charge is -2.32. The third-order valence-electron chi connectivity index (χ3n) is 5.12. The van der Waals surface area contributed by atoms with Crippen molar-refractivity contribution in [2.45, 2.75) is 64.1 Å². The van der Waals surface area contributed by atoms with Crippen LogP contribution in [0, 0.1) is 0 Å². The van der Waals surface area contributed by atoms with Crippen LogP contribution in [-0.2, 0) is 9.31 Å². The first-order chi connectivity index (χ1) is 9.30. The molecule has 3 nitrogen and oxygen atoms in total. The predicted octanol–water partition coefficient (Wildman–Crippen LogP) is 2.96. The zero-order chi connectivity index (χ0) is 14.5. The minimum atomic E-state index is -0.386. The first-order valence-corrected chi connectivity index (χ1v) is 7.49.